The molecule has 0 radical (unpaired) electrons. The zero-order valence-electron chi connectivity index (χ0n) is 28.5. The van der Waals surface area contributed by atoms with Crippen LogP contribution in [0.1, 0.15) is 35.3 Å². The summed E-state index contributed by atoms with van der Waals surface area (Å²) in [6, 6.07) is 6.70. The number of nitrogens with zero attached hydrogens (tertiary/aromatic N) is 5. The van der Waals surface area contributed by atoms with Crippen molar-refractivity contribution < 1.29 is 36.6 Å². The molecule has 52 heavy (non-hydrogen) atoms. The van der Waals surface area contributed by atoms with Crippen molar-refractivity contribution in [1.82, 2.24) is 24.4 Å². The predicted molar refractivity (Wildman–Crippen MR) is 183 cm³/mol. The Morgan fingerprint density at radius 3 is 2.58 bits per heavy atom. The van der Waals surface area contributed by atoms with E-state index in [4.69, 9.17) is 9.47 Å². The molecule has 3 aromatic heterocycles. The van der Waals surface area contributed by atoms with Gasteiger partial charge in [-0.25, -0.2) is 18.5 Å². The Hall–Kier alpha value is -5.64. The molecule has 272 valence electrons. The second-order valence-electron chi connectivity index (χ2n) is 12.7. The van der Waals surface area contributed by atoms with Crippen LogP contribution in [0, 0.1) is 12.7 Å². The fraction of sp³-hybridized carbons (Fsp3) is 0.333. The molecule has 1 N–H and O–H groups in total. The lowest BCUT2D eigenvalue weighted by Crippen LogP contribution is -2.53. The molecule has 1 saturated heterocycles. The summed E-state index contributed by atoms with van der Waals surface area (Å²) in [6.07, 6.45) is -1.05. The molecule has 1 fully saturated rings. The van der Waals surface area contributed by atoms with Gasteiger partial charge in [0.2, 0.25) is 0 Å². The van der Waals surface area contributed by atoms with Gasteiger partial charge in [-0.3, -0.25) is 24.1 Å². The Bertz CT molecular complexity index is 2300. The van der Waals surface area contributed by atoms with Crippen LogP contribution in [0.3, 0.4) is 0 Å². The second kappa shape index (κ2) is 14.2. The monoisotopic (exact) mass is 722 g/mol. The molecule has 1 aliphatic heterocycles. The van der Waals surface area contributed by atoms with Gasteiger partial charge in [0.15, 0.2) is 0 Å². The van der Waals surface area contributed by atoms with Crippen molar-refractivity contribution in [3.8, 4) is 5.69 Å². The van der Waals surface area contributed by atoms with E-state index in [-0.39, 0.29) is 47.4 Å². The van der Waals surface area contributed by atoms with Gasteiger partial charge in [0.1, 0.15) is 17.9 Å². The number of rotatable bonds is 8. The van der Waals surface area contributed by atoms with E-state index < -0.39 is 65.5 Å². The Morgan fingerprint density at radius 2 is 1.87 bits per heavy atom. The lowest BCUT2D eigenvalue weighted by Gasteiger charge is -2.38. The minimum Gasteiger partial charge on any atom is -0.461 e. The molecule has 2 aromatic carbocycles. The third-order valence-corrected chi connectivity index (χ3v) is 8.86. The number of aromatic nitrogens is 4. The number of carbonyl (C=O) groups excluding carboxylic acids is 2. The molecular formula is C36H34F4N6O6. The smallest absolute Gasteiger partial charge is 0.411 e. The summed E-state index contributed by atoms with van der Waals surface area (Å²) < 4.78 is 69.6. The number of halogens is 4. The van der Waals surface area contributed by atoms with Crippen LogP contribution in [0.25, 0.3) is 27.5 Å². The number of aryl methyl sites for hydroxylation is 2. The van der Waals surface area contributed by atoms with Crippen molar-refractivity contribution in [3.05, 3.63) is 104 Å². The number of nitrogens with one attached hydrogen (secondary N) is 1. The summed E-state index contributed by atoms with van der Waals surface area (Å²) in [4.78, 5) is 63.5. The van der Waals surface area contributed by atoms with Crippen LogP contribution in [0.5, 0.6) is 0 Å². The van der Waals surface area contributed by atoms with Gasteiger partial charge in [-0.2, -0.15) is 13.2 Å². The molecule has 4 heterocycles. The summed E-state index contributed by atoms with van der Waals surface area (Å²) in [5.74, 6) is -2.89. The summed E-state index contributed by atoms with van der Waals surface area (Å²) in [5, 5.41) is 3.27. The first-order valence-electron chi connectivity index (χ1n) is 16.3. The van der Waals surface area contributed by atoms with Gasteiger partial charge in [0.05, 0.1) is 53.2 Å². The zero-order chi connectivity index (χ0) is 37.5. The highest BCUT2D eigenvalue weighted by Crippen LogP contribution is 2.33. The summed E-state index contributed by atoms with van der Waals surface area (Å²) >= 11 is 0. The number of amides is 1. The van der Waals surface area contributed by atoms with Crippen molar-refractivity contribution in [1.29, 1.82) is 0 Å². The SMILES string of the molecule is Cc1cc(N2CCOC[C@@H]2C(F)(F)F)cc(F)c1C(=O)N[C@@H](Cc1ccc(-n2c(=O)c3ccncc3n(C)c2=O)c2ncccc12)C(=O)OC(C)C. The Morgan fingerprint density at radius 1 is 1.10 bits per heavy atom. The average molecular weight is 723 g/mol. The Labute approximate surface area is 293 Å². The van der Waals surface area contributed by atoms with Crippen LogP contribution in [-0.2, 0) is 27.7 Å². The molecule has 16 heteroatoms. The molecule has 12 nitrogen and oxygen atoms in total. The highest BCUT2D eigenvalue weighted by Gasteiger charge is 2.45. The first-order chi connectivity index (χ1) is 24.7. The molecule has 0 bridgehead atoms. The summed E-state index contributed by atoms with van der Waals surface area (Å²) in [7, 11) is 1.51. The molecular weight excluding hydrogens is 688 g/mol. The highest BCUT2D eigenvalue weighted by molar-refractivity contribution is 5.99. The van der Waals surface area contributed by atoms with E-state index in [0.717, 1.165) is 15.5 Å². The maximum atomic E-state index is 15.7. The lowest BCUT2D eigenvalue weighted by atomic mass is 9.99. The number of hydrogen-bond donors (Lipinski definition) is 1. The molecule has 0 aliphatic carbocycles. The number of benzene rings is 2. The third-order valence-electron chi connectivity index (χ3n) is 8.86. The molecule has 0 saturated carbocycles. The van der Waals surface area contributed by atoms with Crippen molar-refractivity contribution in [2.45, 2.75) is 51.6 Å². The zero-order valence-corrected chi connectivity index (χ0v) is 28.5. The summed E-state index contributed by atoms with van der Waals surface area (Å²) in [5.41, 5.74) is -0.432. The molecule has 0 spiro atoms. The van der Waals surface area contributed by atoms with E-state index >= 15 is 4.39 Å². The first kappa shape index (κ1) is 36.2. The average Bonchev–Trinajstić information content (AvgIpc) is 3.10. The molecule has 1 aliphatic rings. The van der Waals surface area contributed by atoms with Gasteiger partial charge >= 0.3 is 17.8 Å². The van der Waals surface area contributed by atoms with Gasteiger partial charge in [0.25, 0.3) is 11.5 Å². The highest BCUT2D eigenvalue weighted by atomic mass is 19.4. The van der Waals surface area contributed by atoms with Crippen LogP contribution < -0.4 is 21.5 Å². The molecule has 6 rings (SSSR count). The maximum Gasteiger partial charge on any atom is 0.411 e. The number of esters is 1. The second-order valence-corrected chi connectivity index (χ2v) is 12.7. The number of morpholine rings is 1. The van der Waals surface area contributed by atoms with E-state index in [1.807, 2.05) is 0 Å². The quantitative estimate of drug-likeness (QED) is 0.185. The van der Waals surface area contributed by atoms with Crippen molar-refractivity contribution in [2.24, 2.45) is 7.05 Å². The van der Waals surface area contributed by atoms with Crippen LogP contribution in [-0.4, -0.2) is 75.1 Å². The lowest BCUT2D eigenvalue weighted by molar-refractivity contribution is -0.167. The van der Waals surface area contributed by atoms with Crippen molar-refractivity contribution in [2.75, 3.05) is 24.7 Å². The number of alkyl halides is 3. The normalized spacial score (nSPS) is 15.6. The van der Waals surface area contributed by atoms with Crippen molar-refractivity contribution >= 4 is 39.4 Å². The molecule has 5 aromatic rings. The molecule has 2 atom stereocenters. The van der Waals surface area contributed by atoms with Gasteiger partial charge in [-0.05, 0) is 62.2 Å². The standard InChI is InChI=1S/C36H34F4N6O6/c1-19(2)52-34(49)26(43-32(47)30-20(3)14-22(16-25(30)37)45-12-13-51-18-29(45)36(38,39)40)15-21-7-8-27(31-23(21)6-5-10-42-31)46-33(48)24-9-11-41-17-28(24)44(4)35(46)50/h5-11,14,16-17,19,26,29H,12-13,15,18H2,1-4H3,(H,43,47)/t26-,29+/m0/s1. The van der Waals surface area contributed by atoms with E-state index in [2.05, 4.69) is 15.3 Å². The van der Waals surface area contributed by atoms with Gasteiger partial charge in [0, 0.05) is 43.5 Å². The summed E-state index contributed by atoms with van der Waals surface area (Å²) in [6.45, 7) is 3.87. The van der Waals surface area contributed by atoms with Crippen LogP contribution >= 0.6 is 0 Å². The van der Waals surface area contributed by atoms with Gasteiger partial charge in [-0.1, -0.05) is 12.1 Å². The minimum absolute atomic E-state index is 0.00761. The minimum atomic E-state index is -4.64. The van der Waals surface area contributed by atoms with Crippen molar-refractivity contribution in [3.63, 3.8) is 0 Å². The van der Waals surface area contributed by atoms with E-state index in [1.165, 1.54) is 55.3 Å². The Balaban J connectivity index is 1.36. The number of anilines is 1. The molecule has 1 amide bonds. The number of pyridine rings is 2. The molecule has 0 unspecified atom stereocenters. The van der Waals surface area contributed by atoms with E-state index in [0.29, 0.717) is 16.5 Å². The number of carbonyl (C=O) groups is 2. The fourth-order valence-electron chi connectivity index (χ4n) is 6.40. The third kappa shape index (κ3) is 6.85. The van der Waals surface area contributed by atoms with Gasteiger partial charge in [-0.15, -0.1) is 0 Å². The topological polar surface area (TPSA) is 138 Å². The predicted octanol–water partition coefficient (Wildman–Crippen LogP) is 4.14. The van der Waals surface area contributed by atoms with Crippen LogP contribution in [0.4, 0.5) is 23.2 Å². The number of ether oxygens (including phenoxy) is 2. The van der Waals surface area contributed by atoms with Crippen LogP contribution in [0.15, 0.2) is 70.6 Å². The largest absolute Gasteiger partial charge is 0.461 e. The fourth-order valence-corrected chi connectivity index (χ4v) is 6.40. The maximum absolute atomic E-state index is 15.7. The number of fused-ring (bicyclic) bond motifs is 2. The number of hydrogen-bond acceptors (Lipinski definition) is 9. The van der Waals surface area contributed by atoms with E-state index in [1.54, 1.807) is 32.0 Å². The van der Waals surface area contributed by atoms with Crippen LogP contribution in [0.2, 0.25) is 0 Å². The Kier molecular flexibility index (Phi) is 9.86. The van der Waals surface area contributed by atoms with Gasteiger partial charge < -0.3 is 19.7 Å². The van der Waals surface area contributed by atoms with E-state index in [9.17, 15) is 32.3 Å². The first-order valence-corrected chi connectivity index (χ1v) is 16.3.